The molecule has 0 saturated heterocycles. The topological polar surface area (TPSA) is 39.2 Å². The van der Waals surface area contributed by atoms with Gasteiger partial charge in [0.25, 0.3) is 0 Å². The Bertz CT molecular complexity index is 497. The van der Waals surface area contributed by atoms with Crippen LogP contribution in [0.5, 0.6) is 0 Å². The molecule has 0 bridgehead atoms. The van der Waals surface area contributed by atoms with Crippen LogP contribution in [0.25, 0.3) is 11.3 Å². The van der Waals surface area contributed by atoms with Crippen molar-refractivity contribution in [1.82, 2.24) is 0 Å². The van der Waals surface area contributed by atoms with E-state index in [-0.39, 0.29) is 6.04 Å². The SMILES string of the molecule is Cc1ccc(-c2ccc(C(C)N)o2)cc1C. The number of nitrogens with two attached hydrogens (primary N) is 1. The Morgan fingerprint density at radius 2 is 1.81 bits per heavy atom. The molecular formula is C14H17NO. The van der Waals surface area contributed by atoms with Crippen LogP contribution in [0.1, 0.15) is 29.9 Å². The van der Waals surface area contributed by atoms with Crippen molar-refractivity contribution < 1.29 is 4.42 Å². The minimum absolute atomic E-state index is 0.0553. The van der Waals surface area contributed by atoms with E-state index in [2.05, 4.69) is 32.0 Å². The van der Waals surface area contributed by atoms with Crippen molar-refractivity contribution in [1.29, 1.82) is 0 Å². The van der Waals surface area contributed by atoms with Crippen molar-refractivity contribution in [3.63, 3.8) is 0 Å². The average molecular weight is 215 g/mol. The number of benzene rings is 1. The van der Waals surface area contributed by atoms with Gasteiger partial charge in [-0.25, -0.2) is 0 Å². The molecule has 0 spiro atoms. The maximum atomic E-state index is 5.77. The third-order valence-electron chi connectivity index (χ3n) is 2.87. The molecular weight excluding hydrogens is 198 g/mol. The van der Waals surface area contributed by atoms with Gasteiger partial charge in [-0.1, -0.05) is 12.1 Å². The molecule has 84 valence electrons. The fourth-order valence-electron chi connectivity index (χ4n) is 1.65. The molecule has 1 aromatic carbocycles. The lowest BCUT2D eigenvalue weighted by atomic mass is 10.1. The molecule has 0 aliphatic carbocycles. The van der Waals surface area contributed by atoms with E-state index in [0.29, 0.717) is 0 Å². The van der Waals surface area contributed by atoms with Crippen LogP contribution in [0.3, 0.4) is 0 Å². The van der Waals surface area contributed by atoms with Gasteiger partial charge in [0.05, 0.1) is 6.04 Å². The van der Waals surface area contributed by atoms with Gasteiger partial charge in [-0.3, -0.25) is 0 Å². The fraction of sp³-hybridized carbons (Fsp3) is 0.286. The zero-order chi connectivity index (χ0) is 11.7. The van der Waals surface area contributed by atoms with Crippen LogP contribution in [0.2, 0.25) is 0 Å². The highest BCUT2D eigenvalue weighted by Gasteiger charge is 2.08. The number of rotatable bonds is 2. The van der Waals surface area contributed by atoms with Crippen molar-refractivity contribution in [2.75, 3.05) is 0 Å². The monoisotopic (exact) mass is 215 g/mol. The van der Waals surface area contributed by atoms with Crippen LogP contribution >= 0.6 is 0 Å². The molecule has 16 heavy (non-hydrogen) atoms. The highest BCUT2D eigenvalue weighted by molar-refractivity contribution is 5.59. The van der Waals surface area contributed by atoms with Gasteiger partial charge in [0.15, 0.2) is 0 Å². The molecule has 0 saturated carbocycles. The van der Waals surface area contributed by atoms with Gasteiger partial charge < -0.3 is 10.2 Å². The van der Waals surface area contributed by atoms with E-state index in [9.17, 15) is 0 Å². The highest BCUT2D eigenvalue weighted by atomic mass is 16.3. The van der Waals surface area contributed by atoms with Crippen molar-refractivity contribution >= 4 is 0 Å². The molecule has 2 rings (SSSR count). The van der Waals surface area contributed by atoms with E-state index in [4.69, 9.17) is 10.2 Å². The first kappa shape index (κ1) is 11.0. The van der Waals surface area contributed by atoms with Crippen LogP contribution in [0.4, 0.5) is 0 Å². The second-order valence-corrected chi connectivity index (χ2v) is 4.29. The van der Waals surface area contributed by atoms with Crippen molar-refractivity contribution in [2.45, 2.75) is 26.8 Å². The molecule has 0 aliphatic heterocycles. The molecule has 0 radical (unpaired) electrons. The second kappa shape index (κ2) is 4.14. The van der Waals surface area contributed by atoms with Gasteiger partial charge in [0, 0.05) is 5.56 Å². The quantitative estimate of drug-likeness (QED) is 0.831. The third kappa shape index (κ3) is 2.02. The smallest absolute Gasteiger partial charge is 0.134 e. The summed E-state index contributed by atoms with van der Waals surface area (Å²) >= 11 is 0. The molecule has 2 heteroatoms. The zero-order valence-corrected chi connectivity index (χ0v) is 9.95. The van der Waals surface area contributed by atoms with Crippen LogP contribution < -0.4 is 5.73 Å². The van der Waals surface area contributed by atoms with E-state index < -0.39 is 0 Å². The molecule has 0 amide bonds. The van der Waals surface area contributed by atoms with Gasteiger partial charge in [0.1, 0.15) is 11.5 Å². The maximum absolute atomic E-state index is 5.77. The lowest BCUT2D eigenvalue weighted by Crippen LogP contribution is -2.02. The lowest BCUT2D eigenvalue weighted by Gasteiger charge is -2.03. The minimum Gasteiger partial charge on any atom is -0.459 e. The van der Waals surface area contributed by atoms with Gasteiger partial charge >= 0.3 is 0 Å². The van der Waals surface area contributed by atoms with Crippen LogP contribution in [0, 0.1) is 13.8 Å². The summed E-state index contributed by atoms with van der Waals surface area (Å²) in [6, 6.07) is 10.2. The van der Waals surface area contributed by atoms with Gasteiger partial charge in [-0.05, 0) is 50.1 Å². The normalized spacial score (nSPS) is 12.8. The maximum Gasteiger partial charge on any atom is 0.134 e. The van der Waals surface area contributed by atoms with Gasteiger partial charge in [0.2, 0.25) is 0 Å². The number of hydrogen-bond donors (Lipinski definition) is 1. The summed E-state index contributed by atoms with van der Waals surface area (Å²) in [5, 5.41) is 0. The average Bonchev–Trinajstić information content (AvgIpc) is 2.71. The summed E-state index contributed by atoms with van der Waals surface area (Å²) < 4.78 is 5.70. The molecule has 1 heterocycles. The Morgan fingerprint density at radius 1 is 1.06 bits per heavy atom. The summed E-state index contributed by atoms with van der Waals surface area (Å²) in [5.74, 6) is 1.71. The summed E-state index contributed by atoms with van der Waals surface area (Å²) in [6.07, 6.45) is 0. The predicted octanol–water partition coefficient (Wildman–Crippen LogP) is 3.58. The number of furan rings is 1. The van der Waals surface area contributed by atoms with Crippen LogP contribution in [-0.4, -0.2) is 0 Å². The Kier molecular flexibility index (Phi) is 2.84. The number of aryl methyl sites for hydroxylation is 2. The van der Waals surface area contributed by atoms with E-state index in [1.165, 1.54) is 11.1 Å². The molecule has 1 aromatic heterocycles. The Morgan fingerprint density at radius 3 is 2.38 bits per heavy atom. The molecule has 0 fully saturated rings. The first-order valence-electron chi connectivity index (χ1n) is 5.51. The van der Waals surface area contributed by atoms with E-state index in [0.717, 1.165) is 17.1 Å². The minimum atomic E-state index is -0.0553. The molecule has 1 unspecified atom stereocenters. The van der Waals surface area contributed by atoms with Crippen molar-refractivity contribution in [3.05, 3.63) is 47.2 Å². The Balaban J connectivity index is 2.39. The van der Waals surface area contributed by atoms with Crippen molar-refractivity contribution in [3.8, 4) is 11.3 Å². The summed E-state index contributed by atoms with van der Waals surface area (Å²) in [5.41, 5.74) is 9.44. The third-order valence-corrected chi connectivity index (χ3v) is 2.87. The molecule has 2 N–H and O–H groups in total. The standard InChI is InChI=1S/C14H17NO/c1-9-4-5-12(8-10(9)2)14-7-6-13(16-14)11(3)15/h4-8,11H,15H2,1-3H3. The van der Waals surface area contributed by atoms with E-state index in [1.807, 2.05) is 19.1 Å². The number of hydrogen-bond acceptors (Lipinski definition) is 2. The molecule has 2 nitrogen and oxygen atoms in total. The van der Waals surface area contributed by atoms with Crippen LogP contribution in [-0.2, 0) is 0 Å². The highest BCUT2D eigenvalue weighted by Crippen LogP contribution is 2.26. The van der Waals surface area contributed by atoms with Gasteiger partial charge in [-0.2, -0.15) is 0 Å². The molecule has 2 aromatic rings. The van der Waals surface area contributed by atoms with Crippen LogP contribution in [0.15, 0.2) is 34.7 Å². The van der Waals surface area contributed by atoms with Crippen molar-refractivity contribution in [2.24, 2.45) is 5.73 Å². The van der Waals surface area contributed by atoms with Gasteiger partial charge in [-0.15, -0.1) is 0 Å². The zero-order valence-electron chi connectivity index (χ0n) is 9.95. The predicted molar refractivity (Wildman–Crippen MR) is 66.2 cm³/mol. The summed E-state index contributed by atoms with van der Waals surface area (Å²) in [7, 11) is 0. The summed E-state index contributed by atoms with van der Waals surface area (Å²) in [4.78, 5) is 0. The first-order valence-corrected chi connectivity index (χ1v) is 5.51. The van der Waals surface area contributed by atoms with E-state index in [1.54, 1.807) is 0 Å². The largest absolute Gasteiger partial charge is 0.459 e. The molecule has 1 atom stereocenters. The fourth-order valence-corrected chi connectivity index (χ4v) is 1.65. The first-order chi connectivity index (χ1) is 7.58. The van der Waals surface area contributed by atoms with E-state index >= 15 is 0 Å². The second-order valence-electron chi connectivity index (χ2n) is 4.29. The summed E-state index contributed by atoms with van der Waals surface area (Å²) in [6.45, 7) is 6.13. The molecule has 0 aliphatic rings. The Labute approximate surface area is 96.1 Å². The Hall–Kier alpha value is -1.54. The lowest BCUT2D eigenvalue weighted by molar-refractivity contribution is 0.491.